The third kappa shape index (κ3) is 7.67. The lowest BCUT2D eigenvalue weighted by atomic mass is 10.1. The van der Waals surface area contributed by atoms with Gasteiger partial charge in [0.1, 0.15) is 13.2 Å². The van der Waals surface area contributed by atoms with Crippen molar-refractivity contribution in [1.29, 1.82) is 0 Å². The first kappa shape index (κ1) is 17.5. The molecule has 3 N–H and O–H groups in total. The molecule has 0 saturated carbocycles. The highest BCUT2D eigenvalue weighted by molar-refractivity contribution is 7.87. The number of benzene rings is 1. The summed E-state index contributed by atoms with van der Waals surface area (Å²) in [7, 11) is -4.24. The molecule has 116 valence electrons. The molecule has 1 aromatic carbocycles. The Morgan fingerprint density at radius 3 is 2.57 bits per heavy atom. The monoisotopic (exact) mass is 322 g/mol. The maximum Gasteiger partial charge on any atom is 0.402 e. The van der Waals surface area contributed by atoms with Crippen LogP contribution in [0.25, 0.3) is 0 Å². The lowest BCUT2D eigenvalue weighted by Crippen LogP contribution is -2.41. The van der Waals surface area contributed by atoms with Gasteiger partial charge in [0.2, 0.25) is 0 Å². The zero-order valence-electron chi connectivity index (χ0n) is 10.7. The minimum Gasteiger partial charge on any atom is -0.384 e. The fraction of sp³-hybridized carbons (Fsp3) is 0.333. The van der Waals surface area contributed by atoms with Gasteiger partial charge in [-0.25, -0.2) is 0 Å². The molecule has 0 unspecified atom stereocenters. The van der Waals surface area contributed by atoms with Crippen LogP contribution in [0, 0.1) is 11.8 Å². The summed E-state index contributed by atoms with van der Waals surface area (Å²) < 4.78 is 61.8. The molecule has 0 aromatic heterocycles. The summed E-state index contributed by atoms with van der Waals surface area (Å²) in [6.07, 6.45) is -4.62. The SMILES string of the molecule is O=S(=O)(NCc1cccc(C#CCO)c1)NCC(F)(F)F. The molecule has 0 fully saturated rings. The van der Waals surface area contributed by atoms with Gasteiger partial charge in [-0.1, -0.05) is 24.0 Å². The first-order valence-electron chi connectivity index (χ1n) is 5.71. The number of aliphatic hydroxyl groups is 1. The molecular formula is C12H13F3N2O3S. The molecule has 0 aliphatic rings. The summed E-state index contributed by atoms with van der Waals surface area (Å²) in [6.45, 7) is -2.12. The third-order valence-corrected chi connectivity index (χ3v) is 3.22. The highest BCUT2D eigenvalue weighted by Gasteiger charge is 2.29. The molecule has 21 heavy (non-hydrogen) atoms. The first-order chi connectivity index (χ1) is 9.72. The molecule has 0 amide bonds. The summed E-state index contributed by atoms with van der Waals surface area (Å²) in [4.78, 5) is 0. The largest absolute Gasteiger partial charge is 0.402 e. The van der Waals surface area contributed by atoms with Gasteiger partial charge in [-0.05, 0) is 17.7 Å². The van der Waals surface area contributed by atoms with Crippen molar-refractivity contribution in [3.63, 3.8) is 0 Å². The number of halogens is 3. The molecule has 0 aliphatic carbocycles. The van der Waals surface area contributed by atoms with Crippen molar-refractivity contribution in [3.8, 4) is 11.8 Å². The van der Waals surface area contributed by atoms with E-state index in [-0.39, 0.29) is 13.2 Å². The summed E-state index contributed by atoms with van der Waals surface area (Å²) in [5.74, 6) is 5.07. The summed E-state index contributed by atoms with van der Waals surface area (Å²) in [5.41, 5.74) is 1.08. The standard InChI is InChI=1S/C12H13F3N2O3S/c13-12(14,15)9-17-21(19,20)16-8-11-4-1-3-10(7-11)5-2-6-18/h1,3-4,7,16-18H,6,8-9H2. The highest BCUT2D eigenvalue weighted by atomic mass is 32.2. The van der Waals surface area contributed by atoms with E-state index in [1.54, 1.807) is 24.3 Å². The van der Waals surface area contributed by atoms with Gasteiger partial charge in [0.05, 0.1) is 0 Å². The van der Waals surface area contributed by atoms with Crippen molar-refractivity contribution in [3.05, 3.63) is 35.4 Å². The van der Waals surface area contributed by atoms with Crippen LogP contribution in [0.1, 0.15) is 11.1 Å². The van der Waals surface area contributed by atoms with Crippen LogP contribution in [0.2, 0.25) is 0 Å². The molecule has 0 atom stereocenters. The summed E-state index contributed by atoms with van der Waals surface area (Å²) >= 11 is 0. The average molecular weight is 322 g/mol. The zero-order valence-corrected chi connectivity index (χ0v) is 11.6. The van der Waals surface area contributed by atoms with Crippen LogP contribution in [0.5, 0.6) is 0 Å². The van der Waals surface area contributed by atoms with E-state index in [1.807, 2.05) is 4.72 Å². The van der Waals surface area contributed by atoms with Gasteiger partial charge in [0.25, 0.3) is 10.2 Å². The van der Waals surface area contributed by atoms with Crippen LogP contribution < -0.4 is 9.44 Å². The number of hydrogen-bond acceptors (Lipinski definition) is 3. The second-order valence-corrected chi connectivity index (χ2v) is 5.51. The minimum absolute atomic E-state index is 0.179. The van der Waals surface area contributed by atoms with Crippen LogP contribution in [0.3, 0.4) is 0 Å². The predicted molar refractivity (Wildman–Crippen MR) is 70.2 cm³/mol. The zero-order chi connectivity index (χ0) is 15.9. The second kappa shape index (κ2) is 7.42. The van der Waals surface area contributed by atoms with Gasteiger partial charge < -0.3 is 5.11 Å². The highest BCUT2D eigenvalue weighted by Crippen LogP contribution is 2.12. The van der Waals surface area contributed by atoms with E-state index < -0.39 is 22.9 Å². The molecular weight excluding hydrogens is 309 g/mol. The third-order valence-electron chi connectivity index (χ3n) is 2.17. The lowest BCUT2D eigenvalue weighted by Gasteiger charge is -2.10. The molecule has 5 nitrogen and oxygen atoms in total. The van der Waals surface area contributed by atoms with Crippen LogP contribution in [0.15, 0.2) is 24.3 Å². The number of nitrogens with one attached hydrogen (secondary N) is 2. The second-order valence-electron chi connectivity index (χ2n) is 3.92. The summed E-state index contributed by atoms with van der Waals surface area (Å²) in [6, 6.07) is 6.43. The molecule has 0 spiro atoms. The summed E-state index contributed by atoms with van der Waals surface area (Å²) in [5, 5.41) is 8.57. The number of alkyl halides is 3. The van der Waals surface area contributed by atoms with Crippen molar-refractivity contribution in [2.45, 2.75) is 12.7 Å². The minimum atomic E-state index is -4.62. The normalized spacial score (nSPS) is 11.8. The van der Waals surface area contributed by atoms with Crippen LogP contribution >= 0.6 is 0 Å². The van der Waals surface area contributed by atoms with Gasteiger partial charge >= 0.3 is 6.18 Å². The molecule has 0 bridgehead atoms. The van der Waals surface area contributed by atoms with E-state index in [0.29, 0.717) is 11.1 Å². The van der Waals surface area contributed by atoms with E-state index in [1.165, 1.54) is 4.72 Å². The Kier molecular flexibility index (Phi) is 6.17. The maximum atomic E-state index is 11.9. The molecule has 1 rings (SSSR count). The van der Waals surface area contributed by atoms with Crippen molar-refractivity contribution in [2.24, 2.45) is 0 Å². The number of rotatable bonds is 5. The smallest absolute Gasteiger partial charge is 0.384 e. The number of hydrogen-bond donors (Lipinski definition) is 3. The molecule has 0 heterocycles. The van der Waals surface area contributed by atoms with Gasteiger partial charge in [-0.15, -0.1) is 0 Å². The Balaban J connectivity index is 2.62. The fourth-order valence-electron chi connectivity index (χ4n) is 1.31. The Bertz CT molecular complexity index is 633. The van der Waals surface area contributed by atoms with Gasteiger partial charge in [-0.3, -0.25) is 0 Å². The molecule has 9 heteroatoms. The molecule has 0 radical (unpaired) electrons. The van der Waals surface area contributed by atoms with Crippen molar-refractivity contribution in [1.82, 2.24) is 9.44 Å². The van der Waals surface area contributed by atoms with Crippen LogP contribution in [0.4, 0.5) is 13.2 Å². The molecule has 1 aromatic rings. The Morgan fingerprint density at radius 2 is 1.95 bits per heavy atom. The van der Waals surface area contributed by atoms with E-state index in [9.17, 15) is 21.6 Å². The fourth-order valence-corrected chi connectivity index (χ4v) is 2.12. The van der Waals surface area contributed by atoms with E-state index in [2.05, 4.69) is 11.8 Å². The predicted octanol–water partition coefficient (Wildman–Crippen LogP) is 0.517. The Morgan fingerprint density at radius 1 is 1.24 bits per heavy atom. The van der Waals surface area contributed by atoms with E-state index in [0.717, 1.165) is 0 Å². The van der Waals surface area contributed by atoms with Crippen LogP contribution in [-0.4, -0.2) is 32.9 Å². The van der Waals surface area contributed by atoms with Crippen molar-refractivity contribution in [2.75, 3.05) is 13.2 Å². The van der Waals surface area contributed by atoms with Gasteiger partial charge in [-0.2, -0.15) is 31.0 Å². The molecule has 0 saturated heterocycles. The quantitative estimate of drug-likeness (QED) is 0.692. The number of aliphatic hydroxyl groups excluding tert-OH is 1. The topological polar surface area (TPSA) is 78.4 Å². The molecule has 0 aliphatic heterocycles. The maximum absolute atomic E-state index is 11.9. The van der Waals surface area contributed by atoms with Crippen molar-refractivity contribution >= 4 is 10.2 Å². The Labute approximate surface area is 120 Å². The van der Waals surface area contributed by atoms with E-state index >= 15 is 0 Å². The van der Waals surface area contributed by atoms with Gasteiger partial charge in [0.15, 0.2) is 0 Å². The van der Waals surface area contributed by atoms with Crippen LogP contribution in [-0.2, 0) is 16.8 Å². The first-order valence-corrected chi connectivity index (χ1v) is 7.20. The van der Waals surface area contributed by atoms with Crippen molar-refractivity contribution < 1.29 is 26.7 Å². The average Bonchev–Trinajstić information content (AvgIpc) is 2.41. The van der Waals surface area contributed by atoms with E-state index in [4.69, 9.17) is 5.11 Å². The van der Waals surface area contributed by atoms with Gasteiger partial charge in [0, 0.05) is 12.1 Å². The Hall–Kier alpha value is -1.60. The lowest BCUT2D eigenvalue weighted by molar-refractivity contribution is -0.121.